The first-order valence-corrected chi connectivity index (χ1v) is 6.60. The van der Waals surface area contributed by atoms with Crippen molar-refractivity contribution in [2.75, 3.05) is 0 Å². The van der Waals surface area contributed by atoms with Gasteiger partial charge in [-0.3, -0.25) is 4.98 Å². The van der Waals surface area contributed by atoms with Crippen LogP contribution < -0.4 is 10.5 Å². The Morgan fingerprint density at radius 2 is 2.05 bits per heavy atom. The maximum Gasteiger partial charge on any atom is 0.146 e. The Morgan fingerprint density at radius 3 is 2.68 bits per heavy atom. The standard InChI is InChI=1S/C14H14BrFN2O/c1-8-3-14(12(9(2)17)5-13(8)16)19-11-4-10(15)6-18-7-11/h3-7,9H,17H2,1-2H3/t9-/m0/s1. The second-order valence-corrected chi connectivity index (χ2v) is 5.28. The molecule has 0 aliphatic heterocycles. The van der Waals surface area contributed by atoms with Crippen LogP contribution in [-0.4, -0.2) is 4.98 Å². The lowest BCUT2D eigenvalue weighted by molar-refractivity contribution is 0.465. The predicted octanol–water partition coefficient (Wildman–Crippen LogP) is 4.10. The molecule has 0 aliphatic rings. The Bertz CT molecular complexity index is 602. The fourth-order valence-corrected chi connectivity index (χ4v) is 2.03. The highest BCUT2D eigenvalue weighted by atomic mass is 79.9. The Labute approximate surface area is 119 Å². The third-order valence-electron chi connectivity index (χ3n) is 2.69. The number of rotatable bonds is 3. The minimum Gasteiger partial charge on any atom is -0.455 e. The smallest absolute Gasteiger partial charge is 0.146 e. The largest absolute Gasteiger partial charge is 0.455 e. The van der Waals surface area contributed by atoms with Crippen molar-refractivity contribution in [1.82, 2.24) is 4.98 Å². The molecule has 0 aliphatic carbocycles. The molecule has 2 aromatic rings. The molecule has 0 amide bonds. The van der Waals surface area contributed by atoms with Crippen molar-refractivity contribution in [1.29, 1.82) is 0 Å². The molecule has 100 valence electrons. The summed E-state index contributed by atoms with van der Waals surface area (Å²) in [6, 6.07) is 4.54. The van der Waals surface area contributed by atoms with Crippen molar-refractivity contribution >= 4 is 15.9 Å². The van der Waals surface area contributed by atoms with Gasteiger partial charge < -0.3 is 10.5 Å². The van der Waals surface area contributed by atoms with E-state index in [1.165, 1.54) is 6.07 Å². The summed E-state index contributed by atoms with van der Waals surface area (Å²) < 4.78 is 20.2. The number of nitrogens with zero attached hydrogens (tertiary/aromatic N) is 1. The van der Waals surface area contributed by atoms with Crippen molar-refractivity contribution in [3.8, 4) is 11.5 Å². The van der Waals surface area contributed by atoms with Crippen LogP contribution in [0.15, 0.2) is 35.1 Å². The molecule has 0 spiro atoms. The SMILES string of the molecule is Cc1cc(Oc2cncc(Br)c2)c([C@H](C)N)cc1F. The maximum absolute atomic E-state index is 13.6. The van der Waals surface area contributed by atoms with Crippen LogP contribution in [0.3, 0.4) is 0 Å². The lowest BCUT2D eigenvalue weighted by Crippen LogP contribution is -2.08. The first-order chi connectivity index (χ1) is 8.97. The quantitative estimate of drug-likeness (QED) is 0.924. The molecular formula is C14H14BrFN2O. The van der Waals surface area contributed by atoms with E-state index in [2.05, 4.69) is 20.9 Å². The number of pyridine rings is 1. The first-order valence-electron chi connectivity index (χ1n) is 5.81. The molecule has 3 nitrogen and oxygen atoms in total. The van der Waals surface area contributed by atoms with Gasteiger partial charge in [-0.15, -0.1) is 0 Å². The minimum atomic E-state index is -0.315. The van der Waals surface area contributed by atoms with Gasteiger partial charge in [0, 0.05) is 22.3 Å². The molecular weight excluding hydrogens is 311 g/mol. The molecule has 0 fully saturated rings. The number of hydrogen-bond acceptors (Lipinski definition) is 3. The molecule has 5 heteroatoms. The second kappa shape index (κ2) is 5.67. The fraction of sp³-hybridized carbons (Fsp3) is 0.214. The molecule has 0 unspecified atom stereocenters. The summed E-state index contributed by atoms with van der Waals surface area (Å²) in [4.78, 5) is 4.02. The van der Waals surface area contributed by atoms with E-state index in [4.69, 9.17) is 10.5 Å². The van der Waals surface area contributed by atoms with Crippen LogP contribution in [0.2, 0.25) is 0 Å². The number of hydrogen-bond donors (Lipinski definition) is 1. The molecule has 1 atom stereocenters. The number of nitrogens with two attached hydrogens (primary N) is 1. The summed E-state index contributed by atoms with van der Waals surface area (Å²) in [5.74, 6) is 0.836. The van der Waals surface area contributed by atoms with Gasteiger partial charge in [0.2, 0.25) is 0 Å². The molecule has 0 bridgehead atoms. The van der Waals surface area contributed by atoms with Gasteiger partial charge in [-0.25, -0.2) is 4.39 Å². The van der Waals surface area contributed by atoms with Gasteiger partial charge in [0.25, 0.3) is 0 Å². The zero-order chi connectivity index (χ0) is 14.0. The zero-order valence-corrected chi connectivity index (χ0v) is 12.2. The van der Waals surface area contributed by atoms with Crippen molar-refractivity contribution in [3.63, 3.8) is 0 Å². The van der Waals surface area contributed by atoms with Gasteiger partial charge in [0.1, 0.15) is 17.3 Å². The van der Waals surface area contributed by atoms with E-state index in [0.29, 0.717) is 22.6 Å². The van der Waals surface area contributed by atoms with E-state index in [1.54, 1.807) is 38.4 Å². The van der Waals surface area contributed by atoms with E-state index in [0.717, 1.165) is 4.47 Å². The Kier molecular flexibility index (Phi) is 4.17. The Hall–Kier alpha value is -1.46. The summed E-state index contributed by atoms with van der Waals surface area (Å²) >= 11 is 3.32. The summed E-state index contributed by atoms with van der Waals surface area (Å²) in [5.41, 5.74) is 6.99. The van der Waals surface area contributed by atoms with E-state index in [9.17, 15) is 4.39 Å². The van der Waals surface area contributed by atoms with Crippen LogP contribution >= 0.6 is 15.9 Å². The third-order valence-corrected chi connectivity index (χ3v) is 3.12. The van der Waals surface area contributed by atoms with Crippen LogP contribution in [0.5, 0.6) is 11.5 Å². The van der Waals surface area contributed by atoms with Crippen molar-refractivity contribution < 1.29 is 9.13 Å². The highest BCUT2D eigenvalue weighted by Crippen LogP contribution is 2.31. The average Bonchev–Trinajstić information content (AvgIpc) is 2.33. The van der Waals surface area contributed by atoms with E-state index >= 15 is 0 Å². The predicted molar refractivity (Wildman–Crippen MR) is 75.8 cm³/mol. The van der Waals surface area contributed by atoms with Crippen molar-refractivity contribution in [3.05, 3.63) is 52.0 Å². The van der Waals surface area contributed by atoms with Crippen LogP contribution in [0.1, 0.15) is 24.1 Å². The van der Waals surface area contributed by atoms with Gasteiger partial charge in [-0.2, -0.15) is 0 Å². The van der Waals surface area contributed by atoms with Crippen LogP contribution in [0.25, 0.3) is 0 Å². The molecule has 1 aromatic carbocycles. The molecule has 19 heavy (non-hydrogen) atoms. The highest BCUT2D eigenvalue weighted by Gasteiger charge is 2.13. The summed E-state index contributed by atoms with van der Waals surface area (Å²) in [6.45, 7) is 3.47. The van der Waals surface area contributed by atoms with Crippen LogP contribution in [0, 0.1) is 12.7 Å². The summed E-state index contributed by atoms with van der Waals surface area (Å²) in [6.07, 6.45) is 3.25. The lowest BCUT2D eigenvalue weighted by Gasteiger charge is -2.15. The number of aryl methyl sites for hydroxylation is 1. The molecule has 0 radical (unpaired) electrons. The van der Waals surface area contributed by atoms with E-state index < -0.39 is 0 Å². The molecule has 0 saturated carbocycles. The molecule has 1 aromatic heterocycles. The topological polar surface area (TPSA) is 48.1 Å². The van der Waals surface area contributed by atoms with E-state index in [-0.39, 0.29) is 11.9 Å². The number of benzene rings is 1. The van der Waals surface area contributed by atoms with E-state index in [1.807, 2.05) is 0 Å². The highest BCUT2D eigenvalue weighted by molar-refractivity contribution is 9.10. The summed E-state index contributed by atoms with van der Waals surface area (Å²) in [5, 5.41) is 0. The zero-order valence-electron chi connectivity index (χ0n) is 10.7. The molecule has 2 N–H and O–H groups in total. The molecule has 1 heterocycles. The van der Waals surface area contributed by atoms with Crippen LogP contribution in [0.4, 0.5) is 4.39 Å². The third kappa shape index (κ3) is 3.30. The van der Waals surface area contributed by atoms with Gasteiger partial charge in [0.15, 0.2) is 0 Å². The average molecular weight is 325 g/mol. The number of aromatic nitrogens is 1. The van der Waals surface area contributed by atoms with Gasteiger partial charge in [-0.1, -0.05) is 0 Å². The number of halogens is 2. The number of ether oxygens (including phenoxy) is 1. The maximum atomic E-state index is 13.6. The minimum absolute atomic E-state index is 0.285. The Balaban J connectivity index is 2.41. The molecule has 2 rings (SSSR count). The van der Waals surface area contributed by atoms with Crippen molar-refractivity contribution in [2.45, 2.75) is 19.9 Å². The lowest BCUT2D eigenvalue weighted by atomic mass is 10.1. The summed E-state index contributed by atoms with van der Waals surface area (Å²) in [7, 11) is 0. The van der Waals surface area contributed by atoms with Gasteiger partial charge >= 0.3 is 0 Å². The fourth-order valence-electron chi connectivity index (χ4n) is 1.69. The normalized spacial score (nSPS) is 12.3. The van der Waals surface area contributed by atoms with Crippen LogP contribution in [-0.2, 0) is 0 Å². The van der Waals surface area contributed by atoms with Gasteiger partial charge in [0.05, 0.1) is 6.20 Å². The first kappa shape index (κ1) is 14.0. The molecule has 0 saturated heterocycles. The Morgan fingerprint density at radius 1 is 1.32 bits per heavy atom. The second-order valence-electron chi connectivity index (χ2n) is 4.37. The van der Waals surface area contributed by atoms with Crippen molar-refractivity contribution in [2.24, 2.45) is 5.73 Å². The monoisotopic (exact) mass is 324 g/mol. The van der Waals surface area contributed by atoms with Gasteiger partial charge in [-0.05, 0) is 53.5 Å².